The minimum Gasteiger partial charge on any atom is -0.663 e. The molecule has 0 aliphatic rings. The van der Waals surface area contributed by atoms with Gasteiger partial charge in [-0.25, -0.2) is 0 Å². The first kappa shape index (κ1) is 30.7. The van der Waals surface area contributed by atoms with Gasteiger partial charge in [0.05, 0.1) is 5.69 Å². The normalized spacial score (nSPS) is 12.2. The summed E-state index contributed by atoms with van der Waals surface area (Å²) in [4.78, 5) is 5.10. The third kappa shape index (κ3) is 7.75. The maximum absolute atomic E-state index is 5.10. The molecule has 0 amide bonds. The fraction of sp³-hybridized carbons (Fsp3) is 0.364. The molecule has 3 rings (SSSR count). The van der Waals surface area contributed by atoms with E-state index in [1.165, 1.54) is 22.3 Å². The molecular weight excluding hydrogens is 463 g/mol. The molecule has 0 unspecified atom stereocenters. The minimum atomic E-state index is 0. The van der Waals surface area contributed by atoms with Crippen LogP contribution in [0.3, 0.4) is 0 Å². The molecule has 0 aliphatic heterocycles. The number of hydrogen-bond acceptors (Lipinski definition) is 1. The summed E-state index contributed by atoms with van der Waals surface area (Å²) in [7, 11) is 0. The fourth-order valence-electron chi connectivity index (χ4n) is 4.40. The SMILES string of the molecule is CC(C)c1cccc(C(C)C)c1N=C/C(=C/[N-]c1c(C(C)C)cccc1C(C)C)c1ccccc1.[K+]. The van der Waals surface area contributed by atoms with Gasteiger partial charge in [0.2, 0.25) is 0 Å². The van der Waals surface area contributed by atoms with Crippen LogP contribution >= 0.6 is 0 Å². The van der Waals surface area contributed by atoms with Crippen LogP contribution in [0.5, 0.6) is 0 Å². The zero-order chi connectivity index (χ0) is 25.5. The van der Waals surface area contributed by atoms with Crippen LogP contribution in [-0.2, 0) is 0 Å². The van der Waals surface area contributed by atoms with Gasteiger partial charge in [0.15, 0.2) is 0 Å². The van der Waals surface area contributed by atoms with E-state index in [0.717, 1.165) is 22.5 Å². The number of benzene rings is 3. The van der Waals surface area contributed by atoms with Gasteiger partial charge in [-0.15, -0.1) is 5.69 Å². The predicted octanol–water partition coefficient (Wildman–Crippen LogP) is 7.63. The Hall–Kier alpha value is -1.49. The molecule has 0 aromatic heterocycles. The third-order valence-corrected chi connectivity index (χ3v) is 6.46. The van der Waals surface area contributed by atoms with Crippen LogP contribution in [0.2, 0.25) is 0 Å². The van der Waals surface area contributed by atoms with E-state index < -0.39 is 0 Å². The van der Waals surface area contributed by atoms with E-state index in [9.17, 15) is 0 Å². The molecule has 3 heteroatoms. The molecule has 36 heavy (non-hydrogen) atoms. The van der Waals surface area contributed by atoms with Crippen LogP contribution in [0.4, 0.5) is 11.4 Å². The van der Waals surface area contributed by atoms with Gasteiger partial charge in [-0.1, -0.05) is 133 Å². The van der Waals surface area contributed by atoms with Crippen molar-refractivity contribution in [2.24, 2.45) is 4.99 Å². The van der Waals surface area contributed by atoms with E-state index in [1.54, 1.807) is 0 Å². The van der Waals surface area contributed by atoms with Crippen molar-refractivity contribution in [3.8, 4) is 0 Å². The summed E-state index contributed by atoms with van der Waals surface area (Å²) in [5.41, 5.74) is 9.42. The molecule has 0 saturated heterocycles. The first-order chi connectivity index (χ1) is 16.7. The van der Waals surface area contributed by atoms with Gasteiger partial charge in [0, 0.05) is 6.21 Å². The van der Waals surface area contributed by atoms with E-state index in [2.05, 4.69) is 116 Å². The van der Waals surface area contributed by atoms with Crippen LogP contribution in [0, 0.1) is 0 Å². The summed E-state index contributed by atoms with van der Waals surface area (Å²) in [5, 5.41) is 5.10. The van der Waals surface area contributed by atoms with Crippen LogP contribution in [0.15, 0.2) is 77.9 Å². The number of hydrogen-bond donors (Lipinski definition) is 0. The molecule has 0 heterocycles. The quantitative estimate of drug-likeness (QED) is 0.211. The van der Waals surface area contributed by atoms with Gasteiger partial charge in [-0.05, 0) is 45.9 Å². The molecule has 3 aromatic rings. The van der Waals surface area contributed by atoms with Crippen molar-refractivity contribution in [3.63, 3.8) is 0 Å². The molecule has 0 radical (unpaired) electrons. The standard InChI is InChI=1S/C33H41N2.K/c1-22(2)28-16-12-17-29(23(3)4)32(28)34-20-27(26-14-10-9-11-15-26)21-35-33-30(24(5)6)18-13-19-31(33)25(7)8;/h9-25H,1-8H3;/q-1;+1/b27-20-,35-21?;. The Labute approximate surface area is 262 Å². The Morgan fingerprint density at radius 3 is 1.50 bits per heavy atom. The number of allylic oxidation sites excluding steroid dienone is 1. The summed E-state index contributed by atoms with van der Waals surface area (Å²) >= 11 is 0. The second kappa shape index (κ2) is 14.4. The smallest absolute Gasteiger partial charge is 0.663 e. The minimum absolute atomic E-state index is 0. The van der Waals surface area contributed by atoms with Crippen LogP contribution < -0.4 is 51.4 Å². The van der Waals surface area contributed by atoms with Gasteiger partial charge in [0.1, 0.15) is 0 Å². The van der Waals surface area contributed by atoms with Gasteiger partial charge in [-0.2, -0.15) is 6.20 Å². The molecule has 0 spiro atoms. The first-order valence-corrected chi connectivity index (χ1v) is 13.0. The summed E-state index contributed by atoms with van der Waals surface area (Å²) in [5.74, 6) is 1.62. The van der Waals surface area contributed by atoms with Crippen molar-refractivity contribution in [1.29, 1.82) is 0 Å². The van der Waals surface area contributed by atoms with Gasteiger partial charge < -0.3 is 5.32 Å². The molecule has 2 nitrogen and oxygen atoms in total. The molecule has 0 aliphatic carbocycles. The summed E-state index contributed by atoms with van der Waals surface area (Å²) in [6.45, 7) is 17.9. The number of aliphatic imine (C=N–C) groups is 1. The summed E-state index contributed by atoms with van der Waals surface area (Å²) < 4.78 is 0. The summed E-state index contributed by atoms with van der Waals surface area (Å²) in [6.07, 6.45) is 4.00. The fourth-order valence-corrected chi connectivity index (χ4v) is 4.40. The van der Waals surface area contributed by atoms with E-state index in [0.29, 0.717) is 23.7 Å². The second-order valence-electron chi connectivity index (χ2n) is 10.5. The van der Waals surface area contributed by atoms with Crippen LogP contribution in [0.25, 0.3) is 10.9 Å². The number of nitrogens with zero attached hydrogens (tertiary/aromatic N) is 2. The van der Waals surface area contributed by atoms with E-state index in [4.69, 9.17) is 10.3 Å². The van der Waals surface area contributed by atoms with Crippen molar-refractivity contribution < 1.29 is 51.4 Å². The molecule has 3 aromatic carbocycles. The van der Waals surface area contributed by atoms with Gasteiger partial charge in [0.25, 0.3) is 0 Å². The second-order valence-corrected chi connectivity index (χ2v) is 10.5. The van der Waals surface area contributed by atoms with E-state index in [-0.39, 0.29) is 51.4 Å². The molecule has 0 N–H and O–H groups in total. The Kier molecular flexibility index (Phi) is 12.3. The number of rotatable bonds is 9. The number of para-hydroxylation sites is 2. The zero-order valence-corrected chi connectivity index (χ0v) is 26.8. The van der Waals surface area contributed by atoms with Crippen molar-refractivity contribution in [3.05, 3.63) is 106 Å². The average molecular weight is 505 g/mol. The molecule has 0 fully saturated rings. The van der Waals surface area contributed by atoms with Crippen LogP contribution in [0.1, 0.15) is 107 Å². The monoisotopic (exact) mass is 504 g/mol. The van der Waals surface area contributed by atoms with Crippen molar-refractivity contribution in [1.82, 2.24) is 0 Å². The molecule has 0 atom stereocenters. The Morgan fingerprint density at radius 2 is 1.06 bits per heavy atom. The van der Waals surface area contributed by atoms with Gasteiger partial charge in [-0.3, -0.25) is 4.99 Å². The topological polar surface area (TPSA) is 26.5 Å². The van der Waals surface area contributed by atoms with E-state index in [1.807, 2.05) is 18.5 Å². The van der Waals surface area contributed by atoms with Gasteiger partial charge >= 0.3 is 51.4 Å². The maximum atomic E-state index is 5.10. The molecular formula is C33H41KN2. The molecule has 184 valence electrons. The van der Waals surface area contributed by atoms with E-state index >= 15 is 0 Å². The predicted molar refractivity (Wildman–Crippen MR) is 155 cm³/mol. The van der Waals surface area contributed by atoms with Crippen molar-refractivity contribution in [2.45, 2.75) is 79.1 Å². The third-order valence-electron chi connectivity index (χ3n) is 6.46. The average Bonchev–Trinajstić information content (AvgIpc) is 2.83. The van der Waals surface area contributed by atoms with Crippen LogP contribution in [-0.4, -0.2) is 6.21 Å². The maximum Gasteiger partial charge on any atom is 1.00 e. The Bertz CT molecular complexity index is 1120. The zero-order valence-electron chi connectivity index (χ0n) is 23.7. The Balaban J connectivity index is 0.00000456. The van der Waals surface area contributed by atoms with Crippen molar-refractivity contribution in [2.75, 3.05) is 0 Å². The first-order valence-electron chi connectivity index (χ1n) is 13.0. The van der Waals surface area contributed by atoms with Crippen molar-refractivity contribution >= 4 is 23.2 Å². The Morgan fingerprint density at radius 1 is 0.611 bits per heavy atom. The largest absolute Gasteiger partial charge is 1.00 e. The molecule has 0 bridgehead atoms. The molecule has 0 saturated carbocycles. The summed E-state index contributed by atoms with van der Waals surface area (Å²) in [6, 6.07) is 23.6.